The lowest BCUT2D eigenvalue weighted by Gasteiger charge is -2.20. The number of aromatic nitrogens is 1. The monoisotopic (exact) mass is 246 g/mol. The Morgan fingerprint density at radius 1 is 1.56 bits per heavy atom. The molecule has 1 rings (SSSR count). The molecule has 0 unspecified atom stereocenters. The summed E-state index contributed by atoms with van der Waals surface area (Å²) in [6.07, 6.45) is 0. The summed E-state index contributed by atoms with van der Waals surface area (Å²) in [4.78, 5) is 13.1. The standard InChI is InChI=1S/C10H15ClN2O3/c1-4-15-6-13(9(14)5-11)10-7(2)12-16-8(10)3/h4-6H2,1-3H3. The van der Waals surface area contributed by atoms with Gasteiger partial charge in [0, 0.05) is 6.61 Å². The zero-order valence-electron chi connectivity index (χ0n) is 9.62. The largest absolute Gasteiger partial charge is 0.361 e. The van der Waals surface area contributed by atoms with E-state index in [1.807, 2.05) is 6.92 Å². The number of alkyl halides is 1. The first-order valence-electron chi connectivity index (χ1n) is 4.98. The van der Waals surface area contributed by atoms with Gasteiger partial charge in [-0.15, -0.1) is 11.6 Å². The fraction of sp³-hybridized carbons (Fsp3) is 0.600. The van der Waals surface area contributed by atoms with Crippen LogP contribution in [0.15, 0.2) is 4.52 Å². The minimum absolute atomic E-state index is 0.100. The lowest BCUT2D eigenvalue weighted by atomic mass is 10.3. The van der Waals surface area contributed by atoms with Crippen molar-refractivity contribution in [3.05, 3.63) is 11.5 Å². The van der Waals surface area contributed by atoms with E-state index < -0.39 is 0 Å². The minimum atomic E-state index is -0.232. The number of aryl methyl sites for hydroxylation is 2. The van der Waals surface area contributed by atoms with E-state index in [1.54, 1.807) is 13.8 Å². The van der Waals surface area contributed by atoms with Gasteiger partial charge >= 0.3 is 0 Å². The summed E-state index contributed by atoms with van der Waals surface area (Å²) >= 11 is 5.55. The van der Waals surface area contributed by atoms with Crippen LogP contribution in [-0.2, 0) is 9.53 Å². The molecule has 0 atom stereocenters. The number of nitrogens with zero attached hydrogens (tertiary/aromatic N) is 2. The van der Waals surface area contributed by atoms with E-state index in [9.17, 15) is 4.79 Å². The average Bonchev–Trinajstić information content (AvgIpc) is 2.60. The molecule has 1 aromatic heterocycles. The summed E-state index contributed by atoms with van der Waals surface area (Å²) in [5.41, 5.74) is 1.29. The van der Waals surface area contributed by atoms with Crippen molar-refractivity contribution in [3.63, 3.8) is 0 Å². The second kappa shape index (κ2) is 5.86. The predicted molar refractivity (Wildman–Crippen MR) is 60.7 cm³/mol. The Bertz CT molecular complexity index is 345. The first kappa shape index (κ1) is 13.0. The van der Waals surface area contributed by atoms with Gasteiger partial charge in [-0.1, -0.05) is 5.16 Å². The quantitative estimate of drug-likeness (QED) is 0.588. The Balaban J connectivity index is 2.96. The molecular formula is C10H15ClN2O3. The van der Waals surface area contributed by atoms with Crippen LogP contribution in [0, 0.1) is 13.8 Å². The summed E-state index contributed by atoms with van der Waals surface area (Å²) in [6.45, 7) is 6.05. The van der Waals surface area contributed by atoms with Gasteiger partial charge in [0.2, 0.25) is 5.91 Å². The smallest absolute Gasteiger partial charge is 0.243 e. The maximum absolute atomic E-state index is 11.7. The van der Waals surface area contributed by atoms with Gasteiger partial charge in [0.05, 0.1) is 0 Å². The number of anilines is 1. The van der Waals surface area contributed by atoms with Crippen LogP contribution in [0.3, 0.4) is 0 Å². The van der Waals surface area contributed by atoms with Gasteiger partial charge in [-0.3, -0.25) is 9.69 Å². The third-order valence-corrected chi connectivity index (χ3v) is 2.33. The number of rotatable bonds is 5. The summed E-state index contributed by atoms with van der Waals surface area (Å²) < 4.78 is 10.2. The molecule has 0 spiro atoms. The Morgan fingerprint density at radius 3 is 2.69 bits per heavy atom. The number of halogens is 1. The third kappa shape index (κ3) is 2.74. The van der Waals surface area contributed by atoms with Gasteiger partial charge in [0.25, 0.3) is 0 Å². The van der Waals surface area contributed by atoms with E-state index in [4.69, 9.17) is 20.9 Å². The molecule has 1 aromatic rings. The first-order chi connectivity index (χ1) is 7.61. The highest BCUT2D eigenvalue weighted by molar-refractivity contribution is 6.29. The SMILES string of the molecule is CCOCN(C(=O)CCl)c1c(C)noc1C. The van der Waals surface area contributed by atoms with Crippen molar-refractivity contribution in [1.82, 2.24) is 5.16 Å². The molecule has 1 heterocycles. The van der Waals surface area contributed by atoms with Crippen molar-refractivity contribution in [1.29, 1.82) is 0 Å². The van der Waals surface area contributed by atoms with Crippen molar-refractivity contribution < 1.29 is 14.1 Å². The maximum Gasteiger partial charge on any atom is 0.243 e. The van der Waals surface area contributed by atoms with E-state index in [1.165, 1.54) is 4.90 Å². The Kier molecular flexibility index (Phi) is 4.76. The van der Waals surface area contributed by atoms with Crippen molar-refractivity contribution >= 4 is 23.2 Å². The molecule has 0 saturated carbocycles. The molecule has 6 heteroatoms. The molecule has 0 aliphatic carbocycles. The Morgan fingerprint density at radius 2 is 2.25 bits per heavy atom. The van der Waals surface area contributed by atoms with Gasteiger partial charge in [-0.2, -0.15) is 0 Å². The van der Waals surface area contributed by atoms with E-state index in [0.29, 0.717) is 23.7 Å². The lowest BCUT2D eigenvalue weighted by molar-refractivity contribution is -0.117. The van der Waals surface area contributed by atoms with E-state index in [2.05, 4.69) is 5.16 Å². The maximum atomic E-state index is 11.7. The molecular weight excluding hydrogens is 232 g/mol. The van der Waals surface area contributed by atoms with Crippen LogP contribution in [0.5, 0.6) is 0 Å². The molecule has 0 N–H and O–H groups in total. The number of amides is 1. The average molecular weight is 247 g/mol. The Hall–Kier alpha value is -1.07. The second-order valence-corrected chi connectivity index (χ2v) is 3.52. The lowest BCUT2D eigenvalue weighted by Crippen LogP contribution is -2.34. The van der Waals surface area contributed by atoms with Gasteiger partial charge in [-0.25, -0.2) is 0 Å². The molecule has 16 heavy (non-hydrogen) atoms. The highest BCUT2D eigenvalue weighted by atomic mass is 35.5. The number of carbonyl (C=O) groups is 1. The highest BCUT2D eigenvalue weighted by Gasteiger charge is 2.22. The van der Waals surface area contributed by atoms with Crippen LogP contribution < -0.4 is 4.90 Å². The molecule has 0 aliphatic heterocycles. The molecule has 0 aromatic carbocycles. The summed E-state index contributed by atoms with van der Waals surface area (Å²) in [7, 11) is 0. The van der Waals surface area contributed by atoms with Crippen molar-refractivity contribution in [2.24, 2.45) is 0 Å². The topological polar surface area (TPSA) is 55.6 Å². The normalized spacial score (nSPS) is 10.5. The predicted octanol–water partition coefficient (Wildman–Crippen LogP) is 1.86. The molecule has 1 amide bonds. The van der Waals surface area contributed by atoms with E-state index in [-0.39, 0.29) is 18.5 Å². The minimum Gasteiger partial charge on any atom is -0.361 e. The first-order valence-corrected chi connectivity index (χ1v) is 5.52. The molecule has 0 bridgehead atoms. The van der Waals surface area contributed by atoms with E-state index in [0.717, 1.165) is 0 Å². The van der Waals surface area contributed by atoms with Crippen molar-refractivity contribution in [2.75, 3.05) is 24.1 Å². The van der Waals surface area contributed by atoms with E-state index >= 15 is 0 Å². The van der Waals surface area contributed by atoms with Gasteiger partial charge in [0.15, 0.2) is 5.76 Å². The summed E-state index contributed by atoms with van der Waals surface area (Å²) in [6, 6.07) is 0. The number of ether oxygens (including phenoxy) is 1. The van der Waals surface area contributed by atoms with Crippen molar-refractivity contribution in [2.45, 2.75) is 20.8 Å². The summed E-state index contributed by atoms with van der Waals surface area (Å²) in [5, 5.41) is 3.79. The number of hydrogen-bond donors (Lipinski definition) is 0. The Labute approximate surface area is 99.3 Å². The van der Waals surface area contributed by atoms with Crippen LogP contribution in [0.2, 0.25) is 0 Å². The molecule has 0 fully saturated rings. The second-order valence-electron chi connectivity index (χ2n) is 3.25. The zero-order chi connectivity index (χ0) is 12.1. The van der Waals surface area contributed by atoms with Gasteiger partial charge in [0.1, 0.15) is 24.0 Å². The fourth-order valence-electron chi connectivity index (χ4n) is 1.38. The number of carbonyl (C=O) groups excluding carboxylic acids is 1. The van der Waals surface area contributed by atoms with Crippen LogP contribution >= 0.6 is 11.6 Å². The molecule has 0 radical (unpaired) electrons. The van der Waals surface area contributed by atoms with Crippen LogP contribution in [0.1, 0.15) is 18.4 Å². The molecule has 0 saturated heterocycles. The fourth-order valence-corrected chi connectivity index (χ4v) is 1.52. The van der Waals surface area contributed by atoms with Crippen LogP contribution in [0.4, 0.5) is 5.69 Å². The van der Waals surface area contributed by atoms with Crippen LogP contribution in [0.25, 0.3) is 0 Å². The van der Waals surface area contributed by atoms with Gasteiger partial charge in [-0.05, 0) is 20.8 Å². The molecule has 0 aliphatic rings. The number of hydrogen-bond acceptors (Lipinski definition) is 4. The zero-order valence-corrected chi connectivity index (χ0v) is 10.4. The molecule has 90 valence electrons. The van der Waals surface area contributed by atoms with Crippen molar-refractivity contribution in [3.8, 4) is 0 Å². The van der Waals surface area contributed by atoms with Crippen LogP contribution in [-0.4, -0.2) is 30.3 Å². The summed E-state index contributed by atoms with van der Waals surface area (Å²) in [5.74, 6) is 0.247. The third-order valence-electron chi connectivity index (χ3n) is 2.11. The van der Waals surface area contributed by atoms with Gasteiger partial charge < -0.3 is 9.26 Å². The highest BCUT2D eigenvalue weighted by Crippen LogP contribution is 2.24. The molecule has 5 nitrogen and oxygen atoms in total.